The zero-order valence-corrected chi connectivity index (χ0v) is 10.7. The van der Waals surface area contributed by atoms with Crippen LogP contribution in [0.5, 0.6) is 0 Å². The SMILES string of the molecule is C[C@@H]1CC[C@@H]2C(CO)=CC[C@@H]3[C@H]([C@H]12)C3(C)C. The van der Waals surface area contributed by atoms with E-state index in [1.807, 2.05) is 0 Å². The van der Waals surface area contributed by atoms with Crippen LogP contribution < -0.4 is 0 Å². The molecule has 0 radical (unpaired) electrons. The van der Waals surface area contributed by atoms with Gasteiger partial charge in [-0.05, 0) is 59.8 Å². The summed E-state index contributed by atoms with van der Waals surface area (Å²) in [6, 6.07) is 0. The van der Waals surface area contributed by atoms with Crippen LogP contribution in [0, 0.1) is 35.0 Å². The first kappa shape index (κ1) is 10.8. The van der Waals surface area contributed by atoms with Crippen LogP contribution >= 0.6 is 0 Å². The lowest BCUT2D eigenvalue weighted by atomic mass is 9.80. The zero-order valence-electron chi connectivity index (χ0n) is 10.7. The molecule has 0 aliphatic heterocycles. The molecule has 0 aromatic heterocycles. The first-order chi connectivity index (χ1) is 7.57. The van der Waals surface area contributed by atoms with Gasteiger partial charge in [-0.2, -0.15) is 0 Å². The van der Waals surface area contributed by atoms with Gasteiger partial charge in [-0.1, -0.05) is 26.8 Å². The minimum absolute atomic E-state index is 0.299. The molecule has 3 aliphatic carbocycles. The van der Waals surface area contributed by atoms with E-state index in [2.05, 4.69) is 26.8 Å². The van der Waals surface area contributed by atoms with E-state index in [4.69, 9.17) is 0 Å². The minimum Gasteiger partial charge on any atom is -0.392 e. The maximum Gasteiger partial charge on any atom is 0.0644 e. The first-order valence-corrected chi connectivity index (χ1v) is 6.87. The second-order valence-electron chi connectivity index (χ2n) is 6.86. The number of aliphatic hydroxyl groups excluding tert-OH is 1. The molecule has 2 fully saturated rings. The summed E-state index contributed by atoms with van der Waals surface area (Å²) >= 11 is 0. The monoisotopic (exact) mass is 220 g/mol. The molecule has 1 heteroatoms. The van der Waals surface area contributed by atoms with Crippen LogP contribution in [0.25, 0.3) is 0 Å². The molecule has 0 spiro atoms. The van der Waals surface area contributed by atoms with Gasteiger partial charge in [0.05, 0.1) is 6.61 Å². The van der Waals surface area contributed by atoms with Crippen LogP contribution in [0.4, 0.5) is 0 Å². The molecule has 3 aliphatic rings. The normalized spacial score (nSPS) is 49.0. The molecule has 5 atom stereocenters. The van der Waals surface area contributed by atoms with E-state index in [0.29, 0.717) is 17.9 Å². The lowest BCUT2D eigenvalue weighted by molar-refractivity contribution is 0.250. The largest absolute Gasteiger partial charge is 0.392 e. The third-order valence-electron chi connectivity index (χ3n) is 5.90. The van der Waals surface area contributed by atoms with E-state index >= 15 is 0 Å². The van der Waals surface area contributed by atoms with Gasteiger partial charge in [0.1, 0.15) is 0 Å². The first-order valence-electron chi connectivity index (χ1n) is 6.87. The van der Waals surface area contributed by atoms with E-state index in [0.717, 1.165) is 23.7 Å². The average molecular weight is 220 g/mol. The Kier molecular flexibility index (Phi) is 2.27. The van der Waals surface area contributed by atoms with Crippen molar-refractivity contribution >= 4 is 0 Å². The Morgan fingerprint density at radius 2 is 2.12 bits per heavy atom. The molecule has 1 nitrogen and oxygen atoms in total. The zero-order chi connectivity index (χ0) is 11.5. The summed E-state index contributed by atoms with van der Waals surface area (Å²) in [5.41, 5.74) is 1.93. The standard InChI is InChI=1S/C15H24O/c1-9-4-6-11-10(8-16)5-7-12-14(13(9)11)15(12,2)3/h5,9,11-14,16H,4,6-8H2,1-3H3/t9-,11-,12-,13-,14-/m1/s1. The van der Waals surface area contributed by atoms with E-state index < -0.39 is 0 Å². The van der Waals surface area contributed by atoms with Gasteiger partial charge in [-0.15, -0.1) is 0 Å². The second-order valence-corrected chi connectivity index (χ2v) is 6.86. The van der Waals surface area contributed by atoms with Crippen LogP contribution in [0.2, 0.25) is 0 Å². The van der Waals surface area contributed by atoms with Crippen molar-refractivity contribution in [3.63, 3.8) is 0 Å². The summed E-state index contributed by atoms with van der Waals surface area (Å²) in [5, 5.41) is 9.51. The van der Waals surface area contributed by atoms with Gasteiger partial charge >= 0.3 is 0 Å². The van der Waals surface area contributed by atoms with Crippen molar-refractivity contribution in [3.8, 4) is 0 Å². The van der Waals surface area contributed by atoms with E-state index in [-0.39, 0.29) is 0 Å². The smallest absolute Gasteiger partial charge is 0.0644 e. The van der Waals surface area contributed by atoms with Gasteiger partial charge in [0, 0.05) is 0 Å². The molecule has 2 saturated carbocycles. The fourth-order valence-corrected chi connectivity index (χ4v) is 4.87. The highest BCUT2D eigenvalue weighted by atomic mass is 16.3. The van der Waals surface area contributed by atoms with Gasteiger partial charge in [0.2, 0.25) is 0 Å². The van der Waals surface area contributed by atoms with Gasteiger partial charge in [0.15, 0.2) is 0 Å². The van der Waals surface area contributed by atoms with Crippen molar-refractivity contribution in [3.05, 3.63) is 11.6 Å². The van der Waals surface area contributed by atoms with Gasteiger partial charge < -0.3 is 5.11 Å². The van der Waals surface area contributed by atoms with Crippen molar-refractivity contribution in [1.82, 2.24) is 0 Å². The summed E-state index contributed by atoms with van der Waals surface area (Å²) < 4.78 is 0. The molecule has 0 amide bonds. The molecular formula is C15H24O. The summed E-state index contributed by atoms with van der Waals surface area (Å²) in [4.78, 5) is 0. The topological polar surface area (TPSA) is 20.2 Å². The van der Waals surface area contributed by atoms with E-state index in [1.54, 1.807) is 0 Å². The van der Waals surface area contributed by atoms with Crippen LogP contribution in [0.3, 0.4) is 0 Å². The minimum atomic E-state index is 0.299. The molecule has 0 aromatic carbocycles. The van der Waals surface area contributed by atoms with Crippen LogP contribution in [-0.2, 0) is 0 Å². The van der Waals surface area contributed by atoms with Crippen molar-refractivity contribution in [2.45, 2.75) is 40.0 Å². The molecule has 16 heavy (non-hydrogen) atoms. The fourth-order valence-electron chi connectivity index (χ4n) is 4.87. The van der Waals surface area contributed by atoms with Gasteiger partial charge in [0.25, 0.3) is 0 Å². The number of rotatable bonds is 1. The molecule has 0 heterocycles. The Labute approximate surface area is 98.9 Å². The molecule has 0 saturated heterocycles. The lowest BCUT2D eigenvalue weighted by Crippen LogP contribution is -2.20. The fraction of sp³-hybridized carbons (Fsp3) is 0.867. The summed E-state index contributed by atoms with van der Waals surface area (Å²) in [6.45, 7) is 7.62. The number of fused-ring (bicyclic) bond motifs is 3. The van der Waals surface area contributed by atoms with Gasteiger partial charge in [-0.25, -0.2) is 0 Å². The summed E-state index contributed by atoms with van der Waals surface area (Å²) in [6.07, 6.45) is 6.27. The highest BCUT2D eigenvalue weighted by Gasteiger charge is 2.63. The van der Waals surface area contributed by atoms with Crippen molar-refractivity contribution in [1.29, 1.82) is 0 Å². The summed E-state index contributed by atoms with van der Waals surface area (Å²) in [5.74, 6) is 4.25. The number of hydrogen-bond donors (Lipinski definition) is 1. The quantitative estimate of drug-likeness (QED) is 0.673. The molecule has 3 rings (SSSR count). The highest BCUT2D eigenvalue weighted by Crippen LogP contribution is 2.69. The Hall–Kier alpha value is -0.300. The summed E-state index contributed by atoms with van der Waals surface area (Å²) in [7, 11) is 0. The highest BCUT2D eigenvalue weighted by molar-refractivity contribution is 5.23. The van der Waals surface area contributed by atoms with E-state index in [9.17, 15) is 5.11 Å². The maximum atomic E-state index is 9.51. The lowest BCUT2D eigenvalue weighted by Gasteiger charge is -2.25. The Balaban J connectivity index is 1.95. The molecule has 0 unspecified atom stereocenters. The second kappa shape index (κ2) is 3.35. The molecule has 90 valence electrons. The molecule has 0 aromatic rings. The predicted molar refractivity (Wildman–Crippen MR) is 65.9 cm³/mol. The number of allylic oxidation sites excluding steroid dienone is 1. The predicted octanol–water partition coefficient (Wildman–Crippen LogP) is 3.24. The number of aliphatic hydroxyl groups is 1. The Morgan fingerprint density at radius 1 is 1.38 bits per heavy atom. The van der Waals surface area contributed by atoms with Crippen molar-refractivity contribution < 1.29 is 5.11 Å². The third kappa shape index (κ3) is 1.27. The van der Waals surface area contributed by atoms with E-state index in [1.165, 1.54) is 24.8 Å². The number of hydrogen-bond acceptors (Lipinski definition) is 1. The van der Waals surface area contributed by atoms with Crippen LogP contribution in [-0.4, -0.2) is 11.7 Å². The average Bonchev–Trinajstić information content (AvgIpc) is 2.66. The molecular weight excluding hydrogens is 196 g/mol. The molecule has 1 N–H and O–H groups in total. The Bertz CT molecular complexity index is 328. The third-order valence-corrected chi connectivity index (χ3v) is 5.90. The van der Waals surface area contributed by atoms with Crippen LogP contribution in [0.1, 0.15) is 40.0 Å². The molecule has 0 bridgehead atoms. The van der Waals surface area contributed by atoms with Gasteiger partial charge in [-0.3, -0.25) is 0 Å². The Morgan fingerprint density at radius 3 is 2.81 bits per heavy atom. The van der Waals surface area contributed by atoms with Crippen molar-refractivity contribution in [2.24, 2.45) is 35.0 Å². The van der Waals surface area contributed by atoms with Crippen molar-refractivity contribution in [2.75, 3.05) is 6.61 Å². The van der Waals surface area contributed by atoms with Crippen LogP contribution in [0.15, 0.2) is 11.6 Å². The maximum absolute atomic E-state index is 9.51.